The highest BCUT2D eigenvalue weighted by atomic mass is 19.4. The van der Waals surface area contributed by atoms with Crippen LogP contribution in [0.25, 0.3) is 0 Å². The predicted octanol–water partition coefficient (Wildman–Crippen LogP) is 4.18. The van der Waals surface area contributed by atoms with E-state index in [4.69, 9.17) is 4.74 Å². The van der Waals surface area contributed by atoms with Gasteiger partial charge < -0.3 is 4.74 Å². The zero-order valence-corrected chi connectivity index (χ0v) is 9.11. The largest absolute Gasteiger partial charge is 0.493 e. The average molecular weight is 272 g/mol. The first-order valence-electron chi connectivity index (χ1n) is 5.05. The van der Waals surface area contributed by atoms with Crippen molar-refractivity contribution in [3.63, 3.8) is 0 Å². The summed E-state index contributed by atoms with van der Waals surface area (Å²) >= 11 is 0. The molecule has 7 heteroatoms. The highest BCUT2D eigenvalue weighted by Crippen LogP contribution is 2.38. The smallest absolute Gasteiger partial charge is 0.453 e. The van der Waals surface area contributed by atoms with Gasteiger partial charge >= 0.3 is 12.1 Å². The molecule has 0 heterocycles. The maximum absolute atomic E-state index is 12.7. The third kappa shape index (κ3) is 4.12. The molecule has 102 valence electrons. The molecule has 0 amide bonds. The molecule has 0 atom stereocenters. The third-order valence-corrected chi connectivity index (χ3v) is 2.11. The third-order valence-electron chi connectivity index (χ3n) is 2.11. The summed E-state index contributed by atoms with van der Waals surface area (Å²) in [5.41, 5.74) is 0. The second-order valence-corrected chi connectivity index (χ2v) is 3.61. The summed E-state index contributed by atoms with van der Waals surface area (Å²) < 4.78 is 77.9. The second-order valence-electron chi connectivity index (χ2n) is 3.61. The Bertz CT molecular complexity index is 387. The van der Waals surface area contributed by atoms with Crippen molar-refractivity contribution in [2.75, 3.05) is 6.61 Å². The minimum absolute atomic E-state index is 0.0883. The van der Waals surface area contributed by atoms with Crippen LogP contribution < -0.4 is 4.74 Å². The van der Waals surface area contributed by atoms with Gasteiger partial charge in [-0.25, -0.2) is 4.39 Å². The summed E-state index contributed by atoms with van der Waals surface area (Å²) in [6, 6.07) is 4.90. The molecule has 0 spiro atoms. The van der Waals surface area contributed by atoms with Crippen molar-refractivity contribution in [1.29, 1.82) is 0 Å². The predicted molar refractivity (Wildman–Crippen MR) is 52.1 cm³/mol. The topological polar surface area (TPSA) is 9.23 Å². The molecular weight excluding hydrogens is 262 g/mol. The van der Waals surface area contributed by atoms with Gasteiger partial charge in [0.05, 0.1) is 6.61 Å². The molecule has 0 aliphatic carbocycles. The summed E-state index contributed by atoms with van der Waals surface area (Å²) in [6.07, 6.45) is -7.39. The standard InChI is InChI=1S/C11H10F6O/c12-8-3-1-4-9(7-8)18-6-2-5-10(13,14)11(15,16)17/h1,3-4,7H,2,5-6H2. The molecule has 0 saturated carbocycles. The minimum atomic E-state index is -5.55. The van der Waals surface area contributed by atoms with Gasteiger partial charge in [0.25, 0.3) is 0 Å². The molecule has 0 radical (unpaired) electrons. The van der Waals surface area contributed by atoms with E-state index in [2.05, 4.69) is 0 Å². The Balaban J connectivity index is 2.35. The minimum Gasteiger partial charge on any atom is -0.493 e. The molecule has 0 bridgehead atoms. The van der Waals surface area contributed by atoms with Gasteiger partial charge in [0.1, 0.15) is 11.6 Å². The van der Waals surface area contributed by atoms with Gasteiger partial charge in [-0.15, -0.1) is 0 Å². The molecular formula is C11H10F6O. The number of ether oxygens (including phenoxy) is 1. The van der Waals surface area contributed by atoms with Crippen LogP contribution in [-0.2, 0) is 0 Å². The van der Waals surface area contributed by atoms with Gasteiger partial charge in [-0.05, 0) is 18.6 Å². The van der Waals surface area contributed by atoms with E-state index in [0.29, 0.717) is 0 Å². The molecule has 18 heavy (non-hydrogen) atoms. The summed E-state index contributed by atoms with van der Waals surface area (Å²) in [6.45, 7) is -0.338. The Hall–Kier alpha value is -1.40. The van der Waals surface area contributed by atoms with Crippen LogP contribution in [0.3, 0.4) is 0 Å². The van der Waals surface area contributed by atoms with Crippen molar-refractivity contribution < 1.29 is 31.1 Å². The molecule has 0 aromatic heterocycles. The molecule has 1 nitrogen and oxygen atoms in total. The van der Waals surface area contributed by atoms with Crippen LogP contribution >= 0.6 is 0 Å². The van der Waals surface area contributed by atoms with Crippen LogP contribution in [0.2, 0.25) is 0 Å². The molecule has 0 saturated heterocycles. The number of rotatable bonds is 5. The fourth-order valence-corrected chi connectivity index (χ4v) is 1.18. The van der Waals surface area contributed by atoms with E-state index in [1.807, 2.05) is 0 Å². The Morgan fingerprint density at radius 2 is 1.72 bits per heavy atom. The van der Waals surface area contributed by atoms with Gasteiger partial charge in [0.2, 0.25) is 0 Å². The van der Waals surface area contributed by atoms with Gasteiger partial charge in [-0.2, -0.15) is 22.0 Å². The number of alkyl halides is 5. The first-order valence-corrected chi connectivity index (χ1v) is 5.05. The van der Waals surface area contributed by atoms with Crippen LogP contribution in [0.1, 0.15) is 12.8 Å². The van der Waals surface area contributed by atoms with E-state index in [9.17, 15) is 26.3 Å². The highest BCUT2D eigenvalue weighted by molar-refractivity contribution is 5.22. The number of hydrogen-bond acceptors (Lipinski definition) is 1. The molecule has 1 aromatic carbocycles. The lowest BCUT2D eigenvalue weighted by molar-refractivity contribution is -0.284. The molecule has 0 fully saturated rings. The maximum Gasteiger partial charge on any atom is 0.453 e. The van der Waals surface area contributed by atoms with Crippen LogP contribution in [-0.4, -0.2) is 18.7 Å². The van der Waals surface area contributed by atoms with E-state index in [1.165, 1.54) is 12.1 Å². The van der Waals surface area contributed by atoms with E-state index in [-0.39, 0.29) is 12.4 Å². The summed E-state index contributed by atoms with van der Waals surface area (Å²) in [5.74, 6) is -5.21. The first-order chi connectivity index (χ1) is 8.22. The first kappa shape index (κ1) is 14.7. The average Bonchev–Trinajstić information content (AvgIpc) is 2.23. The lowest BCUT2D eigenvalue weighted by atomic mass is 10.2. The normalized spacial score (nSPS) is 12.6. The van der Waals surface area contributed by atoms with Crippen molar-refractivity contribution in [3.05, 3.63) is 30.1 Å². The van der Waals surface area contributed by atoms with Gasteiger partial charge in [0.15, 0.2) is 0 Å². The monoisotopic (exact) mass is 272 g/mol. The molecule has 1 aromatic rings. The summed E-state index contributed by atoms with van der Waals surface area (Å²) in [7, 11) is 0. The second kappa shape index (κ2) is 5.49. The number of halogens is 6. The number of hydrogen-bond donors (Lipinski definition) is 0. The van der Waals surface area contributed by atoms with Crippen LogP contribution in [0.5, 0.6) is 5.75 Å². The number of benzene rings is 1. The van der Waals surface area contributed by atoms with Crippen LogP contribution in [0.15, 0.2) is 24.3 Å². The Labute approximate surface area is 99.4 Å². The van der Waals surface area contributed by atoms with Crippen molar-refractivity contribution in [2.45, 2.75) is 24.9 Å². The van der Waals surface area contributed by atoms with Crippen molar-refractivity contribution in [1.82, 2.24) is 0 Å². The van der Waals surface area contributed by atoms with Crippen LogP contribution in [0.4, 0.5) is 26.3 Å². The fourth-order valence-electron chi connectivity index (χ4n) is 1.18. The lowest BCUT2D eigenvalue weighted by Crippen LogP contribution is -2.36. The molecule has 0 aliphatic heterocycles. The zero-order chi connectivity index (χ0) is 13.8. The Kier molecular flexibility index (Phi) is 4.48. The van der Waals surface area contributed by atoms with E-state index < -0.39 is 30.8 Å². The molecule has 0 N–H and O–H groups in total. The zero-order valence-electron chi connectivity index (χ0n) is 9.11. The van der Waals surface area contributed by atoms with E-state index in [1.54, 1.807) is 0 Å². The Morgan fingerprint density at radius 3 is 2.28 bits per heavy atom. The maximum atomic E-state index is 12.7. The van der Waals surface area contributed by atoms with E-state index >= 15 is 0 Å². The van der Waals surface area contributed by atoms with Crippen molar-refractivity contribution >= 4 is 0 Å². The van der Waals surface area contributed by atoms with Gasteiger partial charge in [0, 0.05) is 12.5 Å². The van der Waals surface area contributed by atoms with Gasteiger partial charge in [-0.1, -0.05) is 6.07 Å². The molecule has 0 unspecified atom stereocenters. The molecule has 0 aliphatic rings. The van der Waals surface area contributed by atoms with Crippen LogP contribution in [0, 0.1) is 5.82 Å². The van der Waals surface area contributed by atoms with E-state index in [0.717, 1.165) is 12.1 Å². The highest BCUT2D eigenvalue weighted by Gasteiger charge is 2.56. The quantitative estimate of drug-likeness (QED) is 0.577. The van der Waals surface area contributed by atoms with Crippen molar-refractivity contribution in [3.8, 4) is 5.75 Å². The molecule has 1 rings (SSSR count). The van der Waals surface area contributed by atoms with Crippen molar-refractivity contribution in [2.24, 2.45) is 0 Å². The summed E-state index contributed by atoms with van der Waals surface area (Å²) in [5, 5.41) is 0. The fraction of sp³-hybridized carbons (Fsp3) is 0.455. The lowest BCUT2D eigenvalue weighted by Gasteiger charge is -2.19. The SMILES string of the molecule is Fc1cccc(OCCCC(F)(F)C(F)(F)F)c1. The van der Waals surface area contributed by atoms with Gasteiger partial charge in [-0.3, -0.25) is 0 Å². The Morgan fingerprint density at radius 1 is 1.06 bits per heavy atom. The summed E-state index contributed by atoms with van der Waals surface area (Å²) in [4.78, 5) is 0.